The molecule has 82 heavy (non-hydrogen) atoms. The molecule has 0 saturated carbocycles. The summed E-state index contributed by atoms with van der Waals surface area (Å²) in [5.74, 6) is -0.528. The number of carbonyl (C=O) groups is 2. The first kappa shape index (κ1) is 78.7. The Morgan fingerprint density at radius 1 is 0.439 bits per heavy atom. The van der Waals surface area contributed by atoms with Gasteiger partial charge in [-0.25, -0.2) is 4.57 Å². The predicted octanol–water partition coefficient (Wildman–Crippen LogP) is 21.3. The van der Waals surface area contributed by atoms with E-state index in [1.807, 2.05) is 33.3 Å². The van der Waals surface area contributed by atoms with E-state index in [9.17, 15) is 19.0 Å². The van der Waals surface area contributed by atoms with Gasteiger partial charge < -0.3 is 19.4 Å². The maximum Gasteiger partial charge on any atom is 0.472 e. The number of phosphoric ester groups is 1. The van der Waals surface area contributed by atoms with E-state index in [1.165, 1.54) is 122 Å². The van der Waals surface area contributed by atoms with Gasteiger partial charge in [-0.2, -0.15) is 0 Å². The molecule has 0 bridgehead atoms. The van der Waals surface area contributed by atoms with Crippen LogP contribution >= 0.6 is 7.82 Å². The normalized spacial score (nSPS) is 14.3. The number of rotatable bonds is 60. The van der Waals surface area contributed by atoms with Gasteiger partial charge in [-0.1, -0.05) is 265 Å². The molecular weight excluding hydrogens is 1040 g/mol. The summed E-state index contributed by atoms with van der Waals surface area (Å²) in [6, 6.07) is -0.865. The number of nitrogens with zero attached hydrogens (tertiary/aromatic N) is 1. The van der Waals surface area contributed by atoms with Gasteiger partial charge in [0.2, 0.25) is 5.91 Å². The number of ether oxygens (including phenoxy) is 1. The van der Waals surface area contributed by atoms with Crippen molar-refractivity contribution in [2.24, 2.45) is 0 Å². The van der Waals surface area contributed by atoms with Crippen LogP contribution in [0.25, 0.3) is 0 Å². The summed E-state index contributed by atoms with van der Waals surface area (Å²) in [6.07, 6.45) is 83.7. The van der Waals surface area contributed by atoms with Crippen molar-refractivity contribution in [1.29, 1.82) is 0 Å². The second-order valence-corrected chi connectivity index (χ2v) is 25.1. The fraction of sp³-hybridized carbons (Fsp3) is 0.722. The molecule has 0 radical (unpaired) electrons. The van der Waals surface area contributed by atoms with Crippen LogP contribution < -0.4 is 5.32 Å². The summed E-state index contributed by atoms with van der Waals surface area (Å²) < 4.78 is 30.8. The summed E-state index contributed by atoms with van der Waals surface area (Å²) >= 11 is 0. The minimum absolute atomic E-state index is 0.0317. The Balaban J connectivity index is 5.17. The number of likely N-dealkylation sites (N-methyl/N-ethyl adjacent to an activating group) is 1. The lowest BCUT2D eigenvalue weighted by atomic mass is 10.0. The van der Waals surface area contributed by atoms with Crippen molar-refractivity contribution in [2.45, 2.75) is 296 Å². The number of carbonyl (C=O) groups excluding carboxylic acids is 2. The monoisotopic (exact) mass is 1160 g/mol. The smallest absolute Gasteiger partial charge is 0.456 e. The van der Waals surface area contributed by atoms with Gasteiger partial charge >= 0.3 is 13.8 Å². The summed E-state index contributed by atoms with van der Waals surface area (Å²) in [7, 11) is 1.47. The zero-order valence-electron chi connectivity index (χ0n) is 54.0. The van der Waals surface area contributed by atoms with Crippen molar-refractivity contribution in [3.8, 4) is 0 Å². The van der Waals surface area contributed by atoms with Gasteiger partial charge in [-0.15, -0.1) is 0 Å². The minimum Gasteiger partial charge on any atom is -0.456 e. The molecule has 9 nitrogen and oxygen atoms in total. The van der Waals surface area contributed by atoms with Crippen molar-refractivity contribution < 1.29 is 37.3 Å². The molecule has 0 heterocycles. The number of amides is 1. The van der Waals surface area contributed by atoms with Crippen LogP contribution in [0.3, 0.4) is 0 Å². The second kappa shape index (κ2) is 60.8. The van der Waals surface area contributed by atoms with Gasteiger partial charge in [0.05, 0.1) is 33.8 Å². The van der Waals surface area contributed by atoms with Gasteiger partial charge in [0, 0.05) is 12.8 Å². The van der Waals surface area contributed by atoms with Crippen LogP contribution in [0.1, 0.15) is 284 Å². The fourth-order valence-electron chi connectivity index (χ4n) is 9.27. The van der Waals surface area contributed by atoms with Crippen LogP contribution in [-0.4, -0.2) is 74.3 Å². The SMILES string of the molecule is CC/C=C\C/C=C\C/C=C\C/C=C\C/C=C\CCCCCCCCCCCC(=O)NC(COP(=O)(O)OCC[N+](C)(C)C)C(/C=C\CCCCCCCCCCCC)OC(=O)CCCCCCCC/C=C\C/C=C\C/C=C\CCCCC. The van der Waals surface area contributed by atoms with Crippen molar-refractivity contribution in [3.05, 3.63) is 109 Å². The Morgan fingerprint density at radius 2 is 0.780 bits per heavy atom. The number of esters is 1. The highest BCUT2D eigenvalue weighted by molar-refractivity contribution is 7.47. The molecule has 2 N–H and O–H groups in total. The number of hydrogen-bond donors (Lipinski definition) is 2. The zero-order valence-corrected chi connectivity index (χ0v) is 54.8. The molecule has 0 aliphatic carbocycles. The topological polar surface area (TPSA) is 111 Å². The molecule has 1 amide bonds. The number of allylic oxidation sites excluding steroid dienone is 17. The molecule has 0 aromatic heterocycles. The lowest BCUT2D eigenvalue weighted by molar-refractivity contribution is -0.870. The molecule has 3 atom stereocenters. The summed E-state index contributed by atoms with van der Waals surface area (Å²) in [6.45, 7) is 6.86. The molecule has 0 aliphatic rings. The van der Waals surface area contributed by atoms with Crippen molar-refractivity contribution in [2.75, 3.05) is 40.9 Å². The Labute approximate surface area is 506 Å². The molecule has 10 heteroatoms. The van der Waals surface area contributed by atoms with Crippen molar-refractivity contribution >= 4 is 19.7 Å². The molecule has 3 unspecified atom stereocenters. The Kier molecular flexibility index (Phi) is 58.3. The summed E-state index contributed by atoms with van der Waals surface area (Å²) in [5, 5.41) is 3.06. The third-order valence-electron chi connectivity index (χ3n) is 14.4. The van der Waals surface area contributed by atoms with E-state index in [4.69, 9.17) is 13.8 Å². The zero-order chi connectivity index (χ0) is 60.0. The number of hydrogen-bond acceptors (Lipinski definition) is 6. The lowest BCUT2D eigenvalue weighted by Crippen LogP contribution is -2.47. The van der Waals surface area contributed by atoms with E-state index in [0.29, 0.717) is 17.4 Å². The quantitative estimate of drug-likeness (QED) is 0.0205. The van der Waals surface area contributed by atoms with Gasteiger partial charge in [-0.05, 0) is 115 Å². The Bertz CT molecular complexity index is 1770. The first-order valence-electron chi connectivity index (χ1n) is 33.7. The van der Waals surface area contributed by atoms with E-state index in [0.717, 1.165) is 128 Å². The predicted molar refractivity (Wildman–Crippen MR) is 355 cm³/mol. The van der Waals surface area contributed by atoms with Gasteiger partial charge in [0.15, 0.2) is 0 Å². The minimum atomic E-state index is -4.46. The number of nitrogens with one attached hydrogen (secondary N) is 1. The van der Waals surface area contributed by atoms with E-state index in [1.54, 1.807) is 0 Å². The van der Waals surface area contributed by atoms with Crippen LogP contribution in [0.2, 0.25) is 0 Å². The van der Waals surface area contributed by atoms with Crippen molar-refractivity contribution in [3.63, 3.8) is 0 Å². The average molecular weight is 1160 g/mol. The molecule has 0 saturated heterocycles. The maximum atomic E-state index is 13.6. The first-order chi connectivity index (χ1) is 39.9. The third kappa shape index (κ3) is 61.2. The van der Waals surface area contributed by atoms with Gasteiger partial charge in [0.1, 0.15) is 19.3 Å². The maximum absolute atomic E-state index is 13.6. The van der Waals surface area contributed by atoms with Gasteiger partial charge in [-0.3, -0.25) is 18.6 Å². The fourth-order valence-corrected chi connectivity index (χ4v) is 10.0. The molecule has 0 spiro atoms. The van der Waals surface area contributed by atoms with Crippen LogP contribution in [0.4, 0.5) is 0 Å². The third-order valence-corrected chi connectivity index (χ3v) is 15.4. The Morgan fingerprint density at radius 3 is 1.20 bits per heavy atom. The number of unbranched alkanes of at least 4 members (excludes halogenated alkanes) is 28. The van der Waals surface area contributed by atoms with E-state index < -0.39 is 20.0 Å². The summed E-state index contributed by atoms with van der Waals surface area (Å²) in [4.78, 5) is 37.8. The molecular formula is C72H128N2O7P+. The number of phosphoric acid groups is 1. The van der Waals surface area contributed by atoms with E-state index in [2.05, 4.69) is 123 Å². The molecule has 472 valence electrons. The van der Waals surface area contributed by atoms with Crippen LogP contribution in [0.5, 0.6) is 0 Å². The highest BCUT2D eigenvalue weighted by Gasteiger charge is 2.30. The van der Waals surface area contributed by atoms with Crippen LogP contribution in [-0.2, 0) is 27.9 Å². The van der Waals surface area contributed by atoms with E-state index >= 15 is 0 Å². The molecule has 0 aliphatic heterocycles. The molecule has 0 fully saturated rings. The first-order valence-corrected chi connectivity index (χ1v) is 35.2. The lowest BCUT2D eigenvalue weighted by Gasteiger charge is -2.27. The second-order valence-electron chi connectivity index (χ2n) is 23.6. The highest BCUT2D eigenvalue weighted by Crippen LogP contribution is 2.43. The van der Waals surface area contributed by atoms with Crippen LogP contribution in [0.15, 0.2) is 109 Å². The highest BCUT2D eigenvalue weighted by atomic mass is 31.2. The molecule has 0 rings (SSSR count). The largest absolute Gasteiger partial charge is 0.472 e. The van der Waals surface area contributed by atoms with E-state index in [-0.39, 0.29) is 31.5 Å². The Hall–Kier alpha value is -3.33. The average Bonchev–Trinajstić information content (AvgIpc) is 3.44. The molecule has 0 aromatic carbocycles. The standard InChI is InChI=1S/C72H127N2O7P/c1-7-10-13-16-19-22-25-28-30-32-34-35-36-37-38-39-41-42-44-46-49-52-55-58-61-64-71(75)73-69(68-80-82(77,78)79-67-66-74(4,5)6)70(63-60-57-54-51-48-27-24-21-18-15-12-9-3)81-72(76)65-62-59-56-53-50-47-45-43-40-33-31-29-26-23-20-17-14-11-8-2/h10,13,19-20,22-23,28-31,34-35,37-38,40,43,60,63,69-70H,7-9,11-12,14-18,21,24-27,32-33,36,39,41-42,44-59,61-62,64-68H2,1-6H3,(H-,73,75,77,78)/p+1/b13-10-,22-19-,23-20-,30-28-,31-29-,35-34-,38-37-,43-40-,63-60-. The van der Waals surface area contributed by atoms with Crippen molar-refractivity contribution in [1.82, 2.24) is 5.32 Å². The summed E-state index contributed by atoms with van der Waals surface area (Å²) in [5.41, 5.74) is 0. The molecule has 0 aromatic rings. The van der Waals surface area contributed by atoms with Crippen LogP contribution in [0, 0.1) is 0 Å². The van der Waals surface area contributed by atoms with Gasteiger partial charge in [0.25, 0.3) is 0 Å². The number of quaternary nitrogens is 1.